The van der Waals surface area contributed by atoms with Gasteiger partial charge in [0.1, 0.15) is 5.82 Å². The normalized spacial score (nSPS) is 19.8. The van der Waals surface area contributed by atoms with Crippen LogP contribution in [-0.4, -0.2) is 56.1 Å². The van der Waals surface area contributed by atoms with Crippen LogP contribution in [0.25, 0.3) is 0 Å². The maximum Gasteiger partial charge on any atom is 0.398 e. The smallest absolute Gasteiger partial charge is 0.366 e. The summed E-state index contributed by atoms with van der Waals surface area (Å²) in [5.41, 5.74) is 0.680. The van der Waals surface area contributed by atoms with Gasteiger partial charge in [-0.1, -0.05) is 0 Å². The van der Waals surface area contributed by atoms with Gasteiger partial charge in [-0.2, -0.15) is 17.5 Å². The number of aryl methyl sites for hydroxylation is 1. The van der Waals surface area contributed by atoms with Crippen LogP contribution in [0.1, 0.15) is 18.4 Å². The highest BCUT2D eigenvalue weighted by Crippen LogP contribution is 2.35. The van der Waals surface area contributed by atoms with Gasteiger partial charge in [-0.3, -0.25) is 0 Å². The Kier molecular flexibility index (Phi) is 5.47. The highest BCUT2D eigenvalue weighted by molar-refractivity contribution is 7.99. The van der Waals surface area contributed by atoms with Crippen LogP contribution in [0, 0.1) is 12.7 Å². The fourth-order valence-corrected chi connectivity index (χ4v) is 5.59. The lowest BCUT2D eigenvalue weighted by Crippen LogP contribution is -2.49. The zero-order valence-electron chi connectivity index (χ0n) is 14.2. The van der Waals surface area contributed by atoms with Crippen molar-refractivity contribution in [2.24, 2.45) is 0 Å². The second-order valence-electron chi connectivity index (χ2n) is 6.60. The topological polar surface area (TPSA) is 40.6 Å². The summed E-state index contributed by atoms with van der Waals surface area (Å²) in [6.45, 7) is 2.73. The maximum absolute atomic E-state index is 14.4. The molecule has 0 N–H and O–H groups in total. The molecule has 1 aromatic rings. The predicted octanol–water partition coefficient (Wildman–Crippen LogP) is 3.40. The third-order valence-corrected chi connectivity index (χ3v) is 8.14. The monoisotopic (exact) mass is 412 g/mol. The van der Waals surface area contributed by atoms with Crippen LogP contribution in [0.3, 0.4) is 0 Å². The number of anilines is 1. The van der Waals surface area contributed by atoms with Gasteiger partial charge in [0.25, 0.3) is 0 Å². The van der Waals surface area contributed by atoms with Gasteiger partial charge in [0.2, 0.25) is 10.0 Å². The first-order valence-corrected chi connectivity index (χ1v) is 10.8. The molecule has 0 aromatic heterocycles. The zero-order chi connectivity index (χ0) is 19.1. The number of nitrogens with zero attached hydrogens (tertiary/aromatic N) is 2. The second-order valence-corrected chi connectivity index (χ2v) is 9.83. The maximum atomic E-state index is 14.4. The molecule has 0 amide bonds. The molecule has 26 heavy (non-hydrogen) atoms. The van der Waals surface area contributed by atoms with E-state index in [0.29, 0.717) is 48.2 Å². The Labute approximate surface area is 154 Å². The molecule has 2 aliphatic rings. The summed E-state index contributed by atoms with van der Waals surface area (Å²) < 4.78 is 77.7. The highest BCUT2D eigenvalue weighted by atomic mass is 32.2. The summed E-state index contributed by atoms with van der Waals surface area (Å²) in [6, 6.07) is 2.67. The molecule has 1 aliphatic heterocycles. The summed E-state index contributed by atoms with van der Waals surface area (Å²) in [4.78, 5) is 2.08. The van der Waals surface area contributed by atoms with Crippen molar-refractivity contribution in [3.8, 4) is 0 Å². The minimum atomic E-state index is -4.30. The molecule has 1 heterocycles. The third kappa shape index (κ3) is 4.45. The second kappa shape index (κ2) is 7.20. The van der Waals surface area contributed by atoms with Crippen LogP contribution in [-0.2, 0) is 10.0 Å². The van der Waals surface area contributed by atoms with Gasteiger partial charge in [0.05, 0.1) is 16.7 Å². The molecule has 1 aliphatic carbocycles. The lowest BCUT2D eigenvalue weighted by atomic mass is 10.2. The van der Waals surface area contributed by atoms with E-state index in [1.54, 1.807) is 11.8 Å². The first kappa shape index (κ1) is 19.8. The molecule has 0 radical (unpaired) electrons. The first-order valence-electron chi connectivity index (χ1n) is 8.31. The van der Waals surface area contributed by atoms with Crippen molar-refractivity contribution in [2.45, 2.75) is 36.1 Å². The fourth-order valence-electron chi connectivity index (χ4n) is 2.96. The Morgan fingerprint density at radius 1 is 1.15 bits per heavy atom. The molecule has 0 bridgehead atoms. The zero-order valence-corrected chi connectivity index (χ0v) is 15.9. The Bertz CT molecular complexity index is 771. The average molecular weight is 412 g/mol. The van der Waals surface area contributed by atoms with E-state index < -0.39 is 27.8 Å². The number of benzene rings is 1. The summed E-state index contributed by atoms with van der Waals surface area (Å²) in [5.74, 6) is -1.54. The van der Waals surface area contributed by atoms with Crippen molar-refractivity contribution < 1.29 is 26.0 Å². The lowest BCUT2D eigenvalue weighted by Gasteiger charge is -2.35. The van der Waals surface area contributed by atoms with E-state index >= 15 is 0 Å². The van der Waals surface area contributed by atoms with E-state index in [-0.39, 0.29) is 24.0 Å². The number of sulfonamides is 1. The Hall–Kier alpha value is -1.00. The van der Waals surface area contributed by atoms with E-state index in [4.69, 9.17) is 0 Å². The summed E-state index contributed by atoms with van der Waals surface area (Å²) >= 11 is 0.633. The first-order chi connectivity index (χ1) is 12.1. The molecular formula is C16H20F4N2O2S2. The molecular weight excluding hydrogens is 392 g/mol. The Balaban J connectivity index is 1.71. The van der Waals surface area contributed by atoms with Gasteiger partial charge < -0.3 is 4.90 Å². The Morgan fingerprint density at radius 3 is 2.31 bits per heavy atom. The molecule has 3 rings (SSSR count). The van der Waals surface area contributed by atoms with Crippen LogP contribution in [0.5, 0.6) is 0 Å². The Morgan fingerprint density at radius 2 is 1.77 bits per heavy atom. The number of hydrogen-bond donors (Lipinski definition) is 0. The molecule has 0 unspecified atom stereocenters. The van der Waals surface area contributed by atoms with Crippen LogP contribution in [0.15, 0.2) is 17.0 Å². The van der Waals surface area contributed by atoms with Gasteiger partial charge in [-0.15, -0.1) is 11.8 Å². The van der Waals surface area contributed by atoms with Crippen molar-refractivity contribution in [3.05, 3.63) is 23.5 Å². The minimum absolute atomic E-state index is 0.226. The van der Waals surface area contributed by atoms with Crippen LogP contribution < -0.4 is 4.90 Å². The molecule has 10 heteroatoms. The molecule has 1 saturated carbocycles. The van der Waals surface area contributed by atoms with Crippen LogP contribution >= 0.6 is 11.8 Å². The van der Waals surface area contributed by atoms with Gasteiger partial charge in [-0.25, -0.2) is 12.8 Å². The minimum Gasteiger partial charge on any atom is -0.366 e. The number of hydrogen-bond acceptors (Lipinski definition) is 4. The van der Waals surface area contributed by atoms with Crippen LogP contribution in [0.4, 0.5) is 23.2 Å². The van der Waals surface area contributed by atoms with Crippen molar-refractivity contribution in [1.82, 2.24) is 4.31 Å². The van der Waals surface area contributed by atoms with Crippen molar-refractivity contribution in [1.29, 1.82) is 0 Å². The number of halogens is 4. The van der Waals surface area contributed by atoms with Crippen molar-refractivity contribution in [2.75, 3.05) is 36.8 Å². The summed E-state index contributed by atoms with van der Waals surface area (Å²) in [6.07, 6.45) is -2.92. The fraction of sp³-hybridized carbons (Fsp3) is 0.625. The van der Waals surface area contributed by atoms with Gasteiger partial charge in [0, 0.05) is 31.1 Å². The summed E-state index contributed by atoms with van der Waals surface area (Å²) in [7, 11) is -3.26. The van der Waals surface area contributed by atoms with E-state index in [9.17, 15) is 26.0 Å². The molecule has 1 saturated heterocycles. The van der Waals surface area contributed by atoms with Crippen LogP contribution in [0.2, 0.25) is 0 Å². The van der Waals surface area contributed by atoms with E-state index in [1.807, 2.05) is 0 Å². The largest absolute Gasteiger partial charge is 0.398 e. The molecule has 1 aromatic carbocycles. The van der Waals surface area contributed by atoms with E-state index in [2.05, 4.69) is 0 Å². The SMILES string of the molecule is Cc1cc(F)c(N2CCN(S(=O)(=O)C3CC3)CC2)cc1SCC(F)(F)F. The number of alkyl halides is 3. The predicted molar refractivity (Wildman–Crippen MR) is 93.6 cm³/mol. The van der Waals surface area contributed by atoms with Gasteiger partial charge >= 0.3 is 6.18 Å². The molecule has 146 valence electrons. The quantitative estimate of drug-likeness (QED) is 0.549. The molecule has 0 atom stereocenters. The number of thioether (sulfide) groups is 1. The summed E-state index contributed by atoms with van der Waals surface area (Å²) in [5, 5.41) is -0.282. The van der Waals surface area contributed by atoms with E-state index in [0.717, 1.165) is 0 Å². The number of piperazine rings is 1. The van der Waals surface area contributed by atoms with Crippen molar-refractivity contribution in [3.63, 3.8) is 0 Å². The van der Waals surface area contributed by atoms with Gasteiger partial charge in [0.15, 0.2) is 0 Å². The van der Waals surface area contributed by atoms with Crippen molar-refractivity contribution >= 4 is 27.5 Å². The molecule has 0 spiro atoms. The number of rotatable bonds is 5. The van der Waals surface area contributed by atoms with E-state index in [1.165, 1.54) is 16.4 Å². The third-order valence-electron chi connectivity index (χ3n) is 4.52. The average Bonchev–Trinajstić information content (AvgIpc) is 3.39. The highest BCUT2D eigenvalue weighted by Gasteiger charge is 2.41. The molecule has 2 fully saturated rings. The van der Waals surface area contributed by atoms with Gasteiger partial charge in [-0.05, 0) is 37.5 Å². The molecule has 4 nitrogen and oxygen atoms in total. The standard InChI is InChI=1S/C16H20F4N2O2S2/c1-11-8-13(17)14(9-15(11)25-10-16(18,19)20)21-4-6-22(7-5-21)26(23,24)12-2-3-12/h8-9,12H,2-7,10H2,1H3. The lowest BCUT2D eigenvalue weighted by molar-refractivity contribution is -0.105.